The van der Waals surface area contributed by atoms with Crippen LogP contribution in [-0.2, 0) is 11.8 Å². The lowest BCUT2D eigenvalue weighted by Crippen LogP contribution is -2.29. The molecule has 1 heterocycles. The Kier molecular flexibility index (Phi) is 3.82. The minimum atomic E-state index is -1.06. The molecule has 1 aromatic heterocycles. The zero-order valence-corrected chi connectivity index (χ0v) is 13.9. The number of carbonyl (C=O) groups excluding carboxylic acids is 1. The molecule has 120 valence electrons. The highest BCUT2D eigenvalue weighted by Crippen LogP contribution is 2.25. The van der Waals surface area contributed by atoms with E-state index in [1.54, 1.807) is 13.8 Å². The molecular weight excluding hydrogens is 300 g/mol. The number of aryl methyl sites for hydroxylation is 1. The van der Waals surface area contributed by atoms with Crippen molar-refractivity contribution in [1.82, 2.24) is 9.55 Å². The second-order valence-electron chi connectivity index (χ2n) is 6.25. The molecule has 3 aromatic rings. The fraction of sp³-hybridized carbons (Fsp3) is 0.211. The zero-order chi connectivity index (χ0) is 17.3. The molecule has 0 saturated heterocycles. The van der Waals surface area contributed by atoms with Gasteiger partial charge < -0.3 is 9.88 Å². The summed E-state index contributed by atoms with van der Waals surface area (Å²) in [5.74, 6) is 0.548. The maximum Gasteiger partial charge on any atom is 0.244 e. The third-order valence-electron chi connectivity index (χ3n) is 4.04. The fourth-order valence-electron chi connectivity index (χ4n) is 2.44. The van der Waals surface area contributed by atoms with E-state index in [0.717, 1.165) is 22.4 Å². The number of nitrogens with zero attached hydrogens (tertiary/aromatic N) is 3. The van der Waals surface area contributed by atoms with Crippen molar-refractivity contribution in [3.8, 4) is 17.5 Å². The van der Waals surface area contributed by atoms with Gasteiger partial charge in [-0.15, -0.1) is 0 Å². The van der Waals surface area contributed by atoms with Gasteiger partial charge in [0.15, 0.2) is 0 Å². The van der Waals surface area contributed by atoms with Crippen LogP contribution >= 0.6 is 0 Å². The molecule has 1 amide bonds. The molecule has 0 saturated carbocycles. The average molecular weight is 318 g/mol. The summed E-state index contributed by atoms with van der Waals surface area (Å²) < 4.78 is 2.04. The molecule has 5 nitrogen and oxygen atoms in total. The third kappa shape index (κ3) is 2.74. The molecule has 3 rings (SSSR count). The summed E-state index contributed by atoms with van der Waals surface area (Å²) in [6.07, 6.45) is 0. The van der Waals surface area contributed by atoms with Crippen LogP contribution < -0.4 is 5.32 Å². The highest BCUT2D eigenvalue weighted by Gasteiger charge is 2.27. The van der Waals surface area contributed by atoms with Gasteiger partial charge in [0.2, 0.25) is 5.91 Å². The summed E-state index contributed by atoms with van der Waals surface area (Å²) in [4.78, 5) is 16.7. The van der Waals surface area contributed by atoms with E-state index in [1.165, 1.54) is 0 Å². The van der Waals surface area contributed by atoms with E-state index in [-0.39, 0.29) is 5.91 Å². The Labute approximate surface area is 140 Å². The number of rotatable bonds is 3. The van der Waals surface area contributed by atoms with Gasteiger partial charge >= 0.3 is 0 Å². The predicted molar refractivity (Wildman–Crippen MR) is 94.2 cm³/mol. The monoisotopic (exact) mass is 318 g/mol. The van der Waals surface area contributed by atoms with Crippen LogP contribution in [0.3, 0.4) is 0 Å². The van der Waals surface area contributed by atoms with Gasteiger partial charge in [0, 0.05) is 18.3 Å². The SMILES string of the molecule is Cn1c(-c2ccc(NC(=O)C(C)(C)C#N)cc2)nc2ccccc21. The number of nitrogens with one attached hydrogen (secondary N) is 1. The maximum absolute atomic E-state index is 12.0. The zero-order valence-electron chi connectivity index (χ0n) is 13.9. The van der Waals surface area contributed by atoms with E-state index in [2.05, 4.69) is 10.3 Å². The van der Waals surface area contributed by atoms with E-state index in [1.807, 2.05) is 66.2 Å². The first-order valence-electron chi connectivity index (χ1n) is 7.67. The lowest BCUT2D eigenvalue weighted by atomic mass is 9.94. The molecule has 0 bridgehead atoms. The van der Waals surface area contributed by atoms with Crippen LogP contribution in [0, 0.1) is 16.7 Å². The van der Waals surface area contributed by atoms with E-state index < -0.39 is 5.41 Å². The molecule has 0 atom stereocenters. The first-order chi connectivity index (χ1) is 11.4. The largest absolute Gasteiger partial charge is 0.327 e. The second-order valence-corrected chi connectivity index (χ2v) is 6.25. The van der Waals surface area contributed by atoms with E-state index in [4.69, 9.17) is 5.26 Å². The Hall–Kier alpha value is -3.13. The van der Waals surface area contributed by atoms with Gasteiger partial charge in [0.05, 0.1) is 17.1 Å². The van der Waals surface area contributed by atoms with Crippen molar-refractivity contribution < 1.29 is 4.79 Å². The Balaban J connectivity index is 1.88. The van der Waals surface area contributed by atoms with Crippen molar-refractivity contribution in [3.05, 3.63) is 48.5 Å². The Bertz CT molecular complexity index is 946. The van der Waals surface area contributed by atoms with Crippen LogP contribution in [0.15, 0.2) is 48.5 Å². The van der Waals surface area contributed by atoms with Gasteiger partial charge in [-0.1, -0.05) is 12.1 Å². The first-order valence-corrected chi connectivity index (χ1v) is 7.67. The maximum atomic E-state index is 12.0. The number of carbonyl (C=O) groups is 1. The molecule has 0 spiro atoms. The van der Waals surface area contributed by atoms with Crippen LogP contribution in [0.25, 0.3) is 22.4 Å². The Morgan fingerprint density at radius 3 is 2.46 bits per heavy atom. The molecule has 2 aromatic carbocycles. The number of hydrogen-bond acceptors (Lipinski definition) is 3. The van der Waals surface area contributed by atoms with Gasteiger partial charge in [-0.2, -0.15) is 5.26 Å². The van der Waals surface area contributed by atoms with Gasteiger partial charge in [-0.25, -0.2) is 4.98 Å². The van der Waals surface area contributed by atoms with Gasteiger partial charge in [-0.05, 0) is 50.2 Å². The molecule has 1 N–H and O–H groups in total. The van der Waals surface area contributed by atoms with Crippen molar-refractivity contribution >= 4 is 22.6 Å². The smallest absolute Gasteiger partial charge is 0.244 e. The molecule has 0 radical (unpaired) electrons. The normalized spacial score (nSPS) is 11.2. The topological polar surface area (TPSA) is 70.7 Å². The molecule has 24 heavy (non-hydrogen) atoms. The van der Waals surface area contributed by atoms with Crippen LogP contribution in [0.5, 0.6) is 0 Å². The highest BCUT2D eigenvalue weighted by molar-refractivity contribution is 5.96. The van der Waals surface area contributed by atoms with Crippen molar-refractivity contribution in [2.45, 2.75) is 13.8 Å². The summed E-state index contributed by atoms with van der Waals surface area (Å²) in [6, 6.07) is 17.4. The summed E-state index contributed by atoms with van der Waals surface area (Å²) in [5, 5.41) is 11.8. The highest BCUT2D eigenvalue weighted by atomic mass is 16.2. The molecule has 0 aliphatic carbocycles. The second kappa shape index (κ2) is 5.82. The Morgan fingerprint density at radius 1 is 1.17 bits per heavy atom. The lowest BCUT2D eigenvalue weighted by molar-refractivity contribution is -0.121. The summed E-state index contributed by atoms with van der Waals surface area (Å²) >= 11 is 0. The number of imidazole rings is 1. The predicted octanol–water partition coefficient (Wildman–Crippen LogP) is 3.73. The van der Waals surface area contributed by atoms with Crippen LogP contribution in [0.4, 0.5) is 5.69 Å². The number of amides is 1. The minimum Gasteiger partial charge on any atom is -0.327 e. The third-order valence-corrected chi connectivity index (χ3v) is 4.04. The van der Waals surface area contributed by atoms with E-state index in [0.29, 0.717) is 5.69 Å². The number of fused-ring (bicyclic) bond motifs is 1. The van der Waals surface area contributed by atoms with Crippen molar-refractivity contribution in [2.75, 3.05) is 5.32 Å². The van der Waals surface area contributed by atoms with Crippen molar-refractivity contribution in [2.24, 2.45) is 12.5 Å². The number of benzene rings is 2. The fourth-order valence-corrected chi connectivity index (χ4v) is 2.44. The molecule has 0 fully saturated rings. The lowest BCUT2D eigenvalue weighted by Gasteiger charge is -2.15. The van der Waals surface area contributed by atoms with Crippen molar-refractivity contribution in [1.29, 1.82) is 5.26 Å². The minimum absolute atomic E-state index is 0.319. The number of anilines is 1. The van der Waals surface area contributed by atoms with Crippen molar-refractivity contribution in [3.63, 3.8) is 0 Å². The Morgan fingerprint density at radius 2 is 1.83 bits per heavy atom. The first kappa shape index (κ1) is 15.8. The van der Waals surface area contributed by atoms with E-state index in [9.17, 15) is 4.79 Å². The summed E-state index contributed by atoms with van der Waals surface area (Å²) in [7, 11) is 1.98. The van der Waals surface area contributed by atoms with Crippen LogP contribution in [0.1, 0.15) is 13.8 Å². The molecular formula is C19H18N4O. The van der Waals surface area contributed by atoms with Gasteiger partial charge in [0.25, 0.3) is 0 Å². The number of para-hydroxylation sites is 2. The summed E-state index contributed by atoms with van der Waals surface area (Å²) in [5.41, 5.74) is 2.58. The quantitative estimate of drug-likeness (QED) is 0.800. The summed E-state index contributed by atoms with van der Waals surface area (Å²) in [6.45, 7) is 3.19. The van der Waals surface area contributed by atoms with Crippen LogP contribution in [0.2, 0.25) is 0 Å². The molecule has 0 unspecified atom stereocenters. The standard InChI is InChI=1S/C19H18N4O/c1-19(2,12-20)18(24)21-14-10-8-13(9-11-14)17-22-15-6-4-5-7-16(15)23(17)3/h4-11H,1-3H3,(H,21,24). The molecule has 5 heteroatoms. The van der Waals surface area contributed by atoms with Crippen LogP contribution in [-0.4, -0.2) is 15.5 Å². The number of aromatic nitrogens is 2. The molecule has 0 aliphatic rings. The number of nitriles is 1. The molecule has 0 aliphatic heterocycles. The average Bonchev–Trinajstić information content (AvgIpc) is 2.93. The van der Waals surface area contributed by atoms with Gasteiger partial charge in [-0.3, -0.25) is 4.79 Å². The number of hydrogen-bond donors (Lipinski definition) is 1. The van der Waals surface area contributed by atoms with Gasteiger partial charge in [0.1, 0.15) is 11.2 Å². The van der Waals surface area contributed by atoms with E-state index >= 15 is 0 Å².